The zero-order chi connectivity index (χ0) is 14.2. The van der Waals surface area contributed by atoms with Crippen molar-refractivity contribution >= 4 is 34.2 Å². The molecule has 0 aliphatic rings. The first-order chi connectivity index (χ1) is 10.3. The number of benzene rings is 4. The SMILES string of the molecule is Sc1ccc2ccccc2c1-c1cccc2ccccc12. The van der Waals surface area contributed by atoms with E-state index in [-0.39, 0.29) is 0 Å². The molecule has 0 spiro atoms. The molecule has 4 aromatic carbocycles. The Bertz CT molecular complexity index is 949. The molecule has 0 aliphatic heterocycles. The van der Waals surface area contributed by atoms with Gasteiger partial charge in [0.2, 0.25) is 0 Å². The van der Waals surface area contributed by atoms with Crippen molar-refractivity contribution < 1.29 is 0 Å². The van der Waals surface area contributed by atoms with Crippen molar-refractivity contribution in [2.45, 2.75) is 4.90 Å². The lowest BCUT2D eigenvalue weighted by Gasteiger charge is -2.12. The topological polar surface area (TPSA) is 0 Å². The zero-order valence-electron chi connectivity index (χ0n) is 11.5. The highest BCUT2D eigenvalue weighted by molar-refractivity contribution is 7.80. The number of rotatable bonds is 1. The van der Waals surface area contributed by atoms with E-state index in [4.69, 9.17) is 12.6 Å². The maximum absolute atomic E-state index is 4.71. The third-order valence-corrected chi connectivity index (χ3v) is 4.34. The van der Waals surface area contributed by atoms with Crippen molar-refractivity contribution in [1.29, 1.82) is 0 Å². The van der Waals surface area contributed by atoms with E-state index in [1.807, 2.05) is 0 Å². The quantitative estimate of drug-likeness (QED) is 0.411. The molecule has 0 unspecified atom stereocenters. The Balaban J connectivity index is 2.16. The third-order valence-electron chi connectivity index (χ3n) is 3.97. The average molecular weight is 286 g/mol. The van der Waals surface area contributed by atoms with Crippen LogP contribution in [-0.4, -0.2) is 0 Å². The number of thiol groups is 1. The Kier molecular flexibility index (Phi) is 2.94. The second kappa shape index (κ2) is 4.94. The summed E-state index contributed by atoms with van der Waals surface area (Å²) in [5, 5.41) is 5.03. The molecule has 1 heteroatoms. The maximum atomic E-state index is 4.71. The van der Waals surface area contributed by atoms with Gasteiger partial charge in [-0.3, -0.25) is 0 Å². The van der Waals surface area contributed by atoms with E-state index in [9.17, 15) is 0 Å². The summed E-state index contributed by atoms with van der Waals surface area (Å²) in [6.45, 7) is 0. The summed E-state index contributed by atoms with van der Waals surface area (Å²) in [5.41, 5.74) is 2.46. The molecule has 0 amide bonds. The van der Waals surface area contributed by atoms with Crippen LogP contribution in [0.3, 0.4) is 0 Å². The van der Waals surface area contributed by atoms with E-state index in [1.165, 1.54) is 32.7 Å². The van der Waals surface area contributed by atoms with Crippen molar-refractivity contribution in [3.63, 3.8) is 0 Å². The molecule has 0 nitrogen and oxygen atoms in total. The van der Waals surface area contributed by atoms with Gasteiger partial charge in [-0.15, -0.1) is 12.6 Å². The van der Waals surface area contributed by atoms with Crippen LogP contribution in [0.1, 0.15) is 0 Å². The van der Waals surface area contributed by atoms with Gasteiger partial charge in [0, 0.05) is 10.5 Å². The Morgan fingerprint density at radius 3 is 1.95 bits per heavy atom. The minimum Gasteiger partial charge on any atom is -0.143 e. The smallest absolute Gasteiger partial charge is 0.0125 e. The normalized spacial score (nSPS) is 11.1. The fourth-order valence-corrected chi connectivity index (χ4v) is 3.30. The number of hydrogen-bond acceptors (Lipinski definition) is 1. The van der Waals surface area contributed by atoms with Gasteiger partial charge < -0.3 is 0 Å². The summed E-state index contributed by atoms with van der Waals surface area (Å²) >= 11 is 4.71. The highest BCUT2D eigenvalue weighted by Gasteiger charge is 2.10. The average Bonchev–Trinajstić information content (AvgIpc) is 2.54. The van der Waals surface area contributed by atoms with Gasteiger partial charge in [0.25, 0.3) is 0 Å². The van der Waals surface area contributed by atoms with Gasteiger partial charge in [-0.2, -0.15) is 0 Å². The third kappa shape index (κ3) is 2.01. The molecule has 0 saturated carbocycles. The highest BCUT2D eigenvalue weighted by atomic mass is 32.1. The van der Waals surface area contributed by atoms with Crippen LogP contribution in [0.15, 0.2) is 83.8 Å². The predicted molar refractivity (Wildman–Crippen MR) is 94.1 cm³/mol. The molecule has 21 heavy (non-hydrogen) atoms. The zero-order valence-corrected chi connectivity index (χ0v) is 12.3. The molecule has 0 bridgehead atoms. The molecule has 0 atom stereocenters. The van der Waals surface area contributed by atoms with Crippen LogP contribution in [0.4, 0.5) is 0 Å². The lowest BCUT2D eigenvalue weighted by Crippen LogP contribution is -1.86. The Morgan fingerprint density at radius 1 is 0.524 bits per heavy atom. The molecule has 0 heterocycles. The molecule has 0 saturated heterocycles. The first kappa shape index (κ1) is 12.5. The van der Waals surface area contributed by atoms with Gasteiger partial charge in [-0.05, 0) is 33.2 Å². The van der Waals surface area contributed by atoms with Crippen LogP contribution in [0.2, 0.25) is 0 Å². The van der Waals surface area contributed by atoms with E-state index < -0.39 is 0 Å². The van der Waals surface area contributed by atoms with Gasteiger partial charge in [0.15, 0.2) is 0 Å². The highest BCUT2D eigenvalue weighted by Crippen LogP contribution is 2.37. The number of fused-ring (bicyclic) bond motifs is 2. The summed E-state index contributed by atoms with van der Waals surface area (Å²) in [4.78, 5) is 1.02. The second-order valence-corrected chi connectivity index (χ2v) is 5.69. The Morgan fingerprint density at radius 2 is 1.14 bits per heavy atom. The van der Waals surface area contributed by atoms with Gasteiger partial charge >= 0.3 is 0 Å². The fourth-order valence-electron chi connectivity index (χ4n) is 2.99. The molecule has 4 rings (SSSR count). The monoisotopic (exact) mass is 286 g/mol. The standard InChI is InChI=1S/C20H14S/c21-19-13-12-15-7-2-4-10-17(15)20(19)18-11-5-8-14-6-1-3-9-16(14)18/h1-13,21H. The molecule has 4 aromatic rings. The summed E-state index contributed by atoms with van der Waals surface area (Å²) in [6.07, 6.45) is 0. The van der Waals surface area contributed by atoms with Crippen molar-refractivity contribution in [2.75, 3.05) is 0 Å². The summed E-state index contributed by atoms with van der Waals surface area (Å²) in [6, 6.07) is 27.7. The van der Waals surface area contributed by atoms with E-state index in [1.54, 1.807) is 0 Å². The minimum atomic E-state index is 1.02. The minimum absolute atomic E-state index is 1.02. The lowest BCUT2D eigenvalue weighted by molar-refractivity contribution is 1.51. The van der Waals surface area contributed by atoms with Crippen molar-refractivity contribution in [3.8, 4) is 11.1 Å². The van der Waals surface area contributed by atoms with E-state index in [0.29, 0.717) is 0 Å². The first-order valence-corrected chi connectivity index (χ1v) is 7.48. The molecule has 0 radical (unpaired) electrons. The van der Waals surface area contributed by atoms with Crippen molar-refractivity contribution in [3.05, 3.63) is 78.9 Å². The van der Waals surface area contributed by atoms with Gasteiger partial charge in [-0.25, -0.2) is 0 Å². The second-order valence-electron chi connectivity index (χ2n) is 5.21. The molecule has 0 aliphatic carbocycles. The maximum Gasteiger partial charge on any atom is 0.0125 e. The van der Waals surface area contributed by atoms with E-state index >= 15 is 0 Å². The Labute approximate surface area is 129 Å². The lowest BCUT2D eigenvalue weighted by atomic mass is 9.94. The van der Waals surface area contributed by atoms with Gasteiger partial charge in [0.1, 0.15) is 0 Å². The summed E-state index contributed by atoms with van der Waals surface area (Å²) < 4.78 is 0. The Hall–Kier alpha value is -2.25. The van der Waals surface area contributed by atoms with Crippen LogP contribution in [0.25, 0.3) is 32.7 Å². The molecular formula is C20H14S. The largest absolute Gasteiger partial charge is 0.143 e. The van der Waals surface area contributed by atoms with E-state index in [0.717, 1.165) is 4.90 Å². The van der Waals surface area contributed by atoms with Gasteiger partial charge in [-0.1, -0.05) is 72.8 Å². The summed E-state index contributed by atoms with van der Waals surface area (Å²) in [5.74, 6) is 0. The summed E-state index contributed by atoms with van der Waals surface area (Å²) in [7, 11) is 0. The molecule has 0 aromatic heterocycles. The predicted octanol–water partition coefficient (Wildman–Crippen LogP) is 5.95. The van der Waals surface area contributed by atoms with Crippen LogP contribution in [0, 0.1) is 0 Å². The van der Waals surface area contributed by atoms with Gasteiger partial charge in [0.05, 0.1) is 0 Å². The van der Waals surface area contributed by atoms with Crippen LogP contribution >= 0.6 is 12.6 Å². The molecule has 0 fully saturated rings. The molecule has 100 valence electrons. The van der Waals surface area contributed by atoms with Crippen LogP contribution in [-0.2, 0) is 0 Å². The van der Waals surface area contributed by atoms with Crippen molar-refractivity contribution in [2.24, 2.45) is 0 Å². The molecule has 0 N–H and O–H groups in total. The van der Waals surface area contributed by atoms with Crippen molar-refractivity contribution in [1.82, 2.24) is 0 Å². The first-order valence-electron chi connectivity index (χ1n) is 7.03. The fraction of sp³-hybridized carbons (Fsp3) is 0. The van der Waals surface area contributed by atoms with Crippen LogP contribution < -0.4 is 0 Å². The van der Waals surface area contributed by atoms with Crippen LogP contribution in [0.5, 0.6) is 0 Å². The number of hydrogen-bond donors (Lipinski definition) is 1. The molecular weight excluding hydrogens is 272 g/mol. The van der Waals surface area contributed by atoms with E-state index in [2.05, 4.69) is 78.9 Å².